The second kappa shape index (κ2) is 10.3. The summed E-state index contributed by atoms with van der Waals surface area (Å²) in [6.07, 6.45) is 1.86. The Labute approximate surface area is 182 Å². The van der Waals surface area contributed by atoms with Crippen LogP contribution in [0.5, 0.6) is 0 Å². The zero-order valence-corrected chi connectivity index (χ0v) is 17.8. The van der Waals surface area contributed by atoms with Gasteiger partial charge in [0.15, 0.2) is 5.78 Å². The van der Waals surface area contributed by atoms with Crippen LogP contribution in [-0.4, -0.2) is 42.3 Å². The largest absolute Gasteiger partial charge is 0.466 e. The van der Waals surface area contributed by atoms with Gasteiger partial charge in [-0.05, 0) is 43.9 Å². The van der Waals surface area contributed by atoms with Gasteiger partial charge in [0.05, 0.1) is 12.0 Å². The SMILES string of the molecule is CCOC(=O)[C@@]1(Cc2ccc(F)cc2)CCCN(C(=O)CCC(=O)c2ccccc2)C1. The van der Waals surface area contributed by atoms with Crippen molar-refractivity contribution >= 4 is 17.7 Å². The highest BCUT2D eigenvalue weighted by atomic mass is 19.1. The van der Waals surface area contributed by atoms with Crippen LogP contribution in [0.3, 0.4) is 0 Å². The molecule has 6 heteroatoms. The molecular weight excluding hydrogens is 397 g/mol. The number of likely N-dealkylation sites (tertiary alicyclic amines) is 1. The van der Waals surface area contributed by atoms with Crippen LogP contribution in [0.25, 0.3) is 0 Å². The fourth-order valence-corrected chi connectivity index (χ4v) is 4.15. The fourth-order valence-electron chi connectivity index (χ4n) is 4.15. The summed E-state index contributed by atoms with van der Waals surface area (Å²) in [5.41, 5.74) is 0.541. The lowest BCUT2D eigenvalue weighted by Crippen LogP contribution is -2.51. The number of esters is 1. The highest BCUT2D eigenvalue weighted by Crippen LogP contribution is 2.36. The van der Waals surface area contributed by atoms with E-state index in [1.807, 2.05) is 6.07 Å². The predicted molar refractivity (Wildman–Crippen MR) is 115 cm³/mol. The lowest BCUT2D eigenvalue weighted by Gasteiger charge is -2.41. The molecule has 1 amide bonds. The smallest absolute Gasteiger partial charge is 0.314 e. The minimum atomic E-state index is -0.870. The number of amides is 1. The van der Waals surface area contributed by atoms with Crippen LogP contribution in [0.15, 0.2) is 54.6 Å². The van der Waals surface area contributed by atoms with Crippen molar-refractivity contribution in [1.82, 2.24) is 4.90 Å². The number of ketones is 1. The normalized spacial score (nSPS) is 18.5. The molecule has 0 unspecified atom stereocenters. The summed E-state index contributed by atoms with van der Waals surface area (Å²) in [4.78, 5) is 39.8. The number of ether oxygens (including phenoxy) is 1. The van der Waals surface area contributed by atoms with Crippen LogP contribution >= 0.6 is 0 Å². The molecule has 31 heavy (non-hydrogen) atoms. The Kier molecular flexibility index (Phi) is 7.55. The van der Waals surface area contributed by atoms with Crippen molar-refractivity contribution in [2.24, 2.45) is 5.41 Å². The number of benzene rings is 2. The van der Waals surface area contributed by atoms with E-state index in [-0.39, 0.29) is 49.5 Å². The summed E-state index contributed by atoms with van der Waals surface area (Å²) in [5, 5.41) is 0. The molecule has 0 N–H and O–H groups in total. The molecule has 1 aliphatic rings. The summed E-state index contributed by atoms with van der Waals surface area (Å²) in [7, 11) is 0. The van der Waals surface area contributed by atoms with Crippen molar-refractivity contribution in [2.75, 3.05) is 19.7 Å². The molecule has 0 spiro atoms. The Morgan fingerprint density at radius 1 is 1.03 bits per heavy atom. The molecule has 0 aliphatic carbocycles. The zero-order valence-electron chi connectivity index (χ0n) is 17.8. The van der Waals surface area contributed by atoms with Crippen LogP contribution in [0.1, 0.15) is 48.5 Å². The van der Waals surface area contributed by atoms with E-state index >= 15 is 0 Å². The number of carbonyl (C=O) groups is 3. The second-order valence-corrected chi connectivity index (χ2v) is 8.01. The van der Waals surface area contributed by atoms with Gasteiger partial charge in [0, 0.05) is 31.5 Å². The van der Waals surface area contributed by atoms with Crippen molar-refractivity contribution in [3.8, 4) is 0 Å². The molecule has 1 aliphatic heterocycles. The van der Waals surface area contributed by atoms with E-state index in [9.17, 15) is 18.8 Å². The number of rotatable bonds is 8. The maximum absolute atomic E-state index is 13.3. The quantitative estimate of drug-likeness (QED) is 0.470. The van der Waals surface area contributed by atoms with E-state index in [2.05, 4.69) is 0 Å². The van der Waals surface area contributed by atoms with Crippen molar-refractivity contribution < 1.29 is 23.5 Å². The maximum atomic E-state index is 13.3. The van der Waals surface area contributed by atoms with E-state index in [0.717, 1.165) is 5.56 Å². The van der Waals surface area contributed by atoms with Crippen molar-refractivity contribution in [2.45, 2.75) is 39.0 Å². The van der Waals surface area contributed by atoms with Gasteiger partial charge in [0.25, 0.3) is 0 Å². The first-order valence-electron chi connectivity index (χ1n) is 10.7. The third-order valence-corrected chi connectivity index (χ3v) is 5.76. The Morgan fingerprint density at radius 3 is 2.42 bits per heavy atom. The molecular formula is C25H28FNO4. The second-order valence-electron chi connectivity index (χ2n) is 8.01. The minimum Gasteiger partial charge on any atom is -0.466 e. The minimum absolute atomic E-state index is 0.0751. The Hall–Kier alpha value is -3.02. The standard InChI is InChI=1S/C25H28FNO4/c1-2-31-24(30)25(17-19-9-11-21(26)12-10-19)15-6-16-27(18-25)23(29)14-13-22(28)20-7-4-3-5-8-20/h3-5,7-12H,2,6,13-18H2,1H3/t25-/m1/s1. The van der Waals surface area contributed by atoms with Gasteiger partial charge >= 0.3 is 5.97 Å². The van der Waals surface area contributed by atoms with Gasteiger partial charge in [-0.3, -0.25) is 14.4 Å². The molecule has 2 aromatic rings. The number of hydrogen-bond donors (Lipinski definition) is 0. The molecule has 1 heterocycles. The lowest BCUT2D eigenvalue weighted by atomic mass is 9.75. The molecule has 164 valence electrons. The first-order chi connectivity index (χ1) is 14.9. The predicted octanol–water partition coefficient (Wildman–Crippen LogP) is 4.20. The number of nitrogens with zero attached hydrogens (tertiary/aromatic N) is 1. The molecule has 0 radical (unpaired) electrons. The molecule has 2 aromatic carbocycles. The van der Waals surface area contributed by atoms with Crippen LogP contribution in [0.4, 0.5) is 4.39 Å². The first-order valence-corrected chi connectivity index (χ1v) is 10.7. The first kappa shape index (κ1) is 22.7. The number of Topliss-reactive ketones (excluding diaryl/α,β-unsaturated/α-hetero) is 1. The Morgan fingerprint density at radius 2 is 1.74 bits per heavy atom. The van der Waals surface area contributed by atoms with E-state index in [4.69, 9.17) is 4.74 Å². The van der Waals surface area contributed by atoms with Crippen molar-refractivity contribution in [1.29, 1.82) is 0 Å². The molecule has 0 saturated carbocycles. The molecule has 1 atom stereocenters. The number of halogens is 1. The van der Waals surface area contributed by atoms with Gasteiger partial charge < -0.3 is 9.64 Å². The summed E-state index contributed by atoms with van der Waals surface area (Å²) in [5.74, 6) is -0.889. The van der Waals surface area contributed by atoms with E-state index in [0.29, 0.717) is 31.4 Å². The molecule has 1 fully saturated rings. The molecule has 3 rings (SSSR count). The van der Waals surface area contributed by atoms with E-state index < -0.39 is 5.41 Å². The summed E-state index contributed by atoms with van der Waals surface area (Å²) < 4.78 is 18.7. The van der Waals surface area contributed by atoms with Crippen molar-refractivity contribution in [3.63, 3.8) is 0 Å². The van der Waals surface area contributed by atoms with Gasteiger partial charge in [0.2, 0.25) is 5.91 Å². The number of hydrogen-bond acceptors (Lipinski definition) is 4. The van der Waals surface area contributed by atoms with E-state index in [1.165, 1.54) is 12.1 Å². The van der Waals surface area contributed by atoms with Crippen LogP contribution in [0.2, 0.25) is 0 Å². The van der Waals surface area contributed by atoms with Crippen molar-refractivity contribution in [3.05, 3.63) is 71.5 Å². The summed E-state index contributed by atoms with van der Waals surface area (Å²) in [6, 6.07) is 15.0. The average Bonchev–Trinajstić information content (AvgIpc) is 2.79. The summed E-state index contributed by atoms with van der Waals surface area (Å²) >= 11 is 0. The molecule has 0 bridgehead atoms. The van der Waals surface area contributed by atoms with Gasteiger partial charge in [-0.15, -0.1) is 0 Å². The van der Waals surface area contributed by atoms with Gasteiger partial charge in [-0.2, -0.15) is 0 Å². The lowest BCUT2D eigenvalue weighted by molar-refractivity contribution is -0.160. The fraction of sp³-hybridized carbons (Fsp3) is 0.400. The topological polar surface area (TPSA) is 63.7 Å². The van der Waals surface area contributed by atoms with Crippen LogP contribution < -0.4 is 0 Å². The third-order valence-electron chi connectivity index (χ3n) is 5.76. The van der Waals surface area contributed by atoms with Crippen LogP contribution in [0, 0.1) is 11.2 Å². The zero-order chi connectivity index (χ0) is 22.3. The van der Waals surface area contributed by atoms with Gasteiger partial charge in [-0.1, -0.05) is 42.5 Å². The maximum Gasteiger partial charge on any atom is 0.314 e. The third kappa shape index (κ3) is 5.78. The molecule has 0 aromatic heterocycles. The number of piperidine rings is 1. The van der Waals surface area contributed by atoms with Gasteiger partial charge in [-0.25, -0.2) is 4.39 Å². The summed E-state index contributed by atoms with van der Waals surface area (Å²) in [6.45, 7) is 2.79. The van der Waals surface area contributed by atoms with E-state index in [1.54, 1.807) is 48.2 Å². The average molecular weight is 426 g/mol. The molecule has 5 nitrogen and oxygen atoms in total. The highest BCUT2D eigenvalue weighted by molar-refractivity contribution is 5.98. The molecule has 1 saturated heterocycles. The Bertz CT molecular complexity index is 913. The number of carbonyl (C=O) groups excluding carboxylic acids is 3. The monoisotopic (exact) mass is 425 g/mol. The van der Waals surface area contributed by atoms with Crippen LogP contribution in [-0.2, 0) is 20.7 Å². The highest BCUT2D eigenvalue weighted by Gasteiger charge is 2.44. The Balaban J connectivity index is 1.70. The van der Waals surface area contributed by atoms with Gasteiger partial charge in [0.1, 0.15) is 5.82 Å².